The lowest BCUT2D eigenvalue weighted by Crippen LogP contribution is -2.22. The van der Waals surface area contributed by atoms with Gasteiger partial charge >= 0.3 is 0 Å². The van der Waals surface area contributed by atoms with Gasteiger partial charge in [-0.1, -0.05) is 60.6 Å². The lowest BCUT2D eigenvalue weighted by atomic mass is 9.84. The van der Waals surface area contributed by atoms with Crippen molar-refractivity contribution in [2.45, 2.75) is 81.1 Å². The van der Waals surface area contributed by atoms with Gasteiger partial charge in [0.15, 0.2) is 0 Å². The van der Waals surface area contributed by atoms with Crippen LogP contribution in [0.25, 0.3) is 0 Å². The van der Waals surface area contributed by atoms with Gasteiger partial charge in [0.1, 0.15) is 17.1 Å². The van der Waals surface area contributed by atoms with E-state index in [1.165, 1.54) is 14.2 Å². The smallest absolute Gasteiger partial charge is 0.236 e. The molecule has 2 atom stereocenters. The van der Waals surface area contributed by atoms with E-state index in [-0.39, 0.29) is 40.0 Å². The van der Waals surface area contributed by atoms with E-state index in [0.29, 0.717) is 5.56 Å². The first-order valence-electron chi connectivity index (χ1n) is 12.9. The highest BCUT2D eigenvalue weighted by atomic mass is 31.2. The number of carbonyl (C=O) groups excluding carboxylic acids is 2. The normalized spacial score (nSPS) is 14.6. The monoisotopic (exact) mass is 528 g/mol. The lowest BCUT2D eigenvalue weighted by Gasteiger charge is -2.28. The predicted octanol–water partition coefficient (Wildman–Crippen LogP) is 8.34. The van der Waals surface area contributed by atoms with E-state index >= 15 is 0 Å². The Morgan fingerprint density at radius 2 is 1.24 bits per heavy atom. The number of hydrogen-bond acceptors (Lipinski definition) is 5. The van der Waals surface area contributed by atoms with Crippen LogP contribution in [0.15, 0.2) is 24.3 Å². The van der Waals surface area contributed by atoms with Gasteiger partial charge < -0.3 is 14.0 Å². The number of benzene rings is 2. The second-order valence-electron chi connectivity index (χ2n) is 12.7. The van der Waals surface area contributed by atoms with Gasteiger partial charge in [0.2, 0.25) is 18.2 Å². The van der Waals surface area contributed by atoms with Crippen LogP contribution < -0.4 is 9.47 Å². The Morgan fingerprint density at radius 3 is 1.62 bits per heavy atom. The van der Waals surface area contributed by atoms with Crippen LogP contribution in [0.1, 0.15) is 97.9 Å². The summed E-state index contributed by atoms with van der Waals surface area (Å²) in [7, 11) is -1.21. The summed E-state index contributed by atoms with van der Waals surface area (Å²) in [6, 6.07) is 7.36. The van der Waals surface area contributed by atoms with Gasteiger partial charge in [0.05, 0.1) is 14.2 Å². The van der Waals surface area contributed by atoms with E-state index in [2.05, 4.69) is 41.5 Å². The second-order valence-corrected chi connectivity index (χ2v) is 15.3. The summed E-state index contributed by atoms with van der Waals surface area (Å²) in [4.78, 5) is 28.5. The Bertz CT molecular complexity index is 1180. The molecule has 0 saturated carbocycles. The van der Waals surface area contributed by atoms with Gasteiger partial charge in [0.25, 0.3) is 0 Å². The van der Waals surface area contributed by atoms with Gasteiger partial charge in [-0.05, 0) is 78.3 Å². The Balaban J connectivity index is 2.80. The molecule has 204 valence electrons. The van der Waals surface area contributed by atoms with Crippen molar-refractivity contribution < 1.29 is 23.6 Å². The summed E-state index contributed by atoms with van der Waals surface area (Å²) < 4.78 is 26.0. The summed E-state index contributed by atoms with van der Waals surface area (Å²) in [5.74, 6) is 0.403. The zero-order valence-electron chi connectivity index (χ0n) is 24.8. The number of ether oxygens (including phenoxy) is 2. The molecule has 6 heteroatoms. The fourth-order valence-corrected chi connectivity index (χ4v) is 7.97. The lowest BCUT2D eigenvalue weighted by molar-refractivity contribution is 0.103. The van der Waals surface area contributed by atoms with Gasteiger partial charge in [0, 0.05) is 11.7 Å². The number of methoxy groups -OCH3 is 2. The molecule has 2 rings (SSSR count). The number of carbonyl (C=O) groups is 2. The quantitative estimate of drug-likeness (QED) is 0.306. The first-order valence-corrected chi connectivity index (χ1v) is 14.8. The molecule has 0 saturated heterocycles. The largest absolute Gasteiger partial charge is 0.496 e. The number of aryl methyl sites for hydroxylation is 3. The third kappa shape index (κ3) is 6.93. The minimum absolute atomic E-state index is 0.0119. The van der Waals surface area contributed by atoms with Gasteiger partial charge in [-0.15, -0.1) is 0 Å². The van der Waals surface area contributed by atoms with E-state index in [4.69, 9.17) is 9.47 Å². The van der Waals surface area contributed by atoms with Crippen LogP contribution in [0.3, 0.4) is 0 Å². The fraction of sp³-hybridized carbons (Fsp3) is 0.548. The standard InChI is InChI=1S/C31H45O5P/c1-19-13-24(35-11)27(25(14-19)36-12)29(33)37(34,18-20(2)17-30(5,6)7)28(32)26-21(3)15-23(16-22(26)4)31(8,9)10/h13-16,20H,17-18H2,1-12H3. The number of hydrogen-bond donors (Lipinski definition) is 0. The van der Waals surface area contributed by atoms with Crippen LogP contribution in [0.4, 0.5) is 0 Å². The van der Waals surface area contributed by atoms with Crippen LogP contribution in [-0.4, -0.2) is 31.4 Å². The van der Waals surface area contributed by atoms with Gasteiger partial charge in [-0.2, -0.15) is 0 Å². The van der Waals surface area contributed by atoms with Crippen molar-refractivity contribution in [3.05, 3.63) is 57.6 Å². The van der Waals surface area contributed by atoms with E-state index < -0.39 is 18.2 Å². The molecular formula is C31H45O5P. The van der Waals surface area contributed by atoms with Crippen LogP contribution in [0.5, 0.6) is 11.5 Å². The SMILES string of the molecule is COc1cc(C)cc(OC)c1C(=O)P(=O)(CC(C)CC(C)(C)C)C(=O)c1c(C)cc(C(C)(C)C)cc1C. The molecule has 2 aromatic carbocycles. The van der Waals surface area contributed by atoms with E-state index in [0.717, 1.165) is 28.7 Å². The van der Waals surface area contributed by atoms with Crippen LogP contribution in [0, 0.1) is 32.1 Å². The fourth-order valence-electron chi connectivity index (χ4n) is 5.16. The summed E-state index contributed by atoms with van der Waals surface area (Å²) in [5.41, 5.74) is 2.37. The third-order valence-electron chi connectivity index (χ3n) is 6.66. The Labute approximate surface area is 223 Å². The van der Waals surface area contributed by atoms with Gasteiger partial charge in [-0.25, -0.2) is 0 Å². The highest BCUT2D eigenvalue weighted by Crippen LogP contribution is 2.57. The minimum Gasteiger partial charge on any atom is -0.496 e. The first-order chi connectivity index (χ1) is 16.9. The summed E-state index contributed by atoms with van der Waals surface area (Å²) in [6.45, 7) is 20.2. The zero-order valence-corrected chi connectivity index (χ0v) is 25.7. The highest BCUT2D eigenvalue weighted by molar-refractivity contribution is 7.95. The maximum atomic E-state index is 14.9. The second kappa shape index (κ2) is 11.2. The average Bonchev–Trinajstić information content (AvgIpc) is 2.75. The van der Waals surface area contributed by atoms with Crippen molar-refractivity contribution in [2.24, 2.45) is 11.3 Å². The molecule has 5 nitrogen and oxygen atoms in total. The Hall–Kier alpha value is -2.39. The maximum Gasteiger partial charge on any atom is 0.236 e. The summed E-state index contributed by atoms with van der Waals surface area (Å²) in [5, 5.41) is 0. The topological polar surface area (TPSA) is 69.7 Å². The Morgan fingerprint density at radius 1 is 0.811 bits per heavy atom. The molecule has 0 aromatic heterocycles. The minimum atomic E-state index is -4.13. The van der Waals surface area contributed by atoms with Crippen LogP contribution >= 0.6 is 7.14 Å². The van der Waals surface area contributed by atoms with Crippen molar-refractivity contribution in [1.82, 2.24) is 0 Å². The molecule has 0 amide bonds. The number of rotatable bonds is 9. The molecular weight excluding hydrogens is 483 g/mol. The third-order valence-corrected chi connectivity index (χ3v) is 9.56. The average molecular weight is 529 g/mol. The van der Waals surface area contributed by atoms with Crippen molar-refractivity contribution >= 4 is 18.2 Å². The first kappa shape index (κ1) is 30.8. The molecule has 0 aliphatic rings. The molecule has 0 aliphatic heterocycles. The predicted molar refractivity (Wildman–Crippen MR) is 153 cm³/mol. The molecule has 0 aliphatic carbocycles. The van der Waals surface area contributed by atoms with Crippen LogP contribution in [0.2, 0.25) is 0 Å². The molecule has 37 heavy (non-hydrogen) atoms. The molecule has 0 spiro atoms. The van der Waals surface area contributed by atoms with Crippen molar-refractivity contribution in [1.29, 1.82) is 0 Å². The van der Waals surface area contributed by atoms with E-state index in [1.54, 1.807) is 12.1 Å². The van der Waals surface area contributed by atoms with Crippen LogP contribution in [-0.2, 0) is 9.98 Å². The van der Waals surface area contributed by atoms with Crippen molar-refractivity contribution in [2.75, 3.05) is 20.4 Å². The Kier molecular flexibility index (Phi) is 9.29. The van der Waals surface area contributed by atoms with Gasteiger partial charge in [-0.3, -0.25) is 9.59 Å². The molecule has 0 bridgehead atoms. The molecule has 2 unspecified atom stereocenters. The molecule has 0 N–H and O–H groups in total. The maximum absolute atomic E-state index is 14.9. The van der Waals surface area contributed by atoms with Crippen molar-refractivity contribution in [3.8, 4) is 11.5 Å². The van der Waals surface area contributed by atoms with Crippen molar-refractivity contribution in [3.63, 3.8) is 0 Å². The summed E-state index contributed by atoms with van der Waals surface area (Å²) >= 11 is 0. The van der Waals surface area contributed by atoms with E-state index in [1.807, 2.05) is 39.8 Å². The molecule has 0 heterocycles. The molecule has 0 fully saturated rings. The summed E-state index contributed by atoms with van der Waals surface area (Å²) in [6.07, 6.45) is 0.711. The van der Waals surface area contributed by atoms with E-state index in [9.17, 15) is 14.2 Å². The molecule has 2 aromatic rings. The zero-order chi connectivity index (χ0) is 28.5. The highest BCUT2D eigenvalue weighted by Gasteiger charge is 2.45. The molecule has 0 radical (unpaired) electrons.